The second kappa shape index (κ2) is 6.27. The average molecular weight is 337 g/mol. The molecule has 1 N–H and O–H groups in total. The smallest absolute Gasteiger partial charge is 0.254 e. The molecule has 0 aliphatic heterocycles. The van der Waals surface area contributed by atoms with Gasteiger partial charge in [0.1, 0.15) is 6.54 Å². The molecule has 0 radical (unpaired) electrons. The number of rotatable bonds is 5. The Morgan fingerprint density at radius 1 is 1.24 bits per heavy atom. The van der Waals surface area contributed by atoms with E-state index in [1.54, 1.807) is 18.5 Å². The van der Waals surface area contributed by atoms with Crippen LogP contribution in [0.1, 0.15) is 24.5 Å². The van der Waals surface area contributed by atoms with Gasteiger partial charge in [-0.1, -0.05) is 0 Å². The molecule has 9 nitrogen and oxygen atoms in total. The van der Waals surface area contributed by atoms with Crippen molar-refractivity contribution < 1.29 is 4.79 Å². The number of nitrogens with zero attached hydrogens (tertiary/aromatic N) is 6. The molecule has 1 aliphatic carbocycles. The minimum absolute atomic E-state index is 0.113. The minimum atomic E-state index is -0.349. The Kier molecular flexibility index (Phi) is 3.81. The Hall–Kier alpha value is -3.36. The summed E-state index contributed by atoms with van der Waals surface area (Å²) in [6.07, 6.45) is 9.89. The zero-order valence-electron chi connectivity index (χ0n) is 13.2. The van der Waals surface area contributed by atoms with Crippen LogP contribution in [0.4, 0.5) is 5.69 Å². The van der Waals surface area contributed by atoms with Crippen molar-refractivity contribution in [1.82, 2.24) is 29.3 Å². The van der Waals surface area contributed by atoms with E-state index in [2.05, 4.69) is 25.4 Å². The van der Waals surface area contributed by atoms with E-state index in [4.69, 9.17) is 0 Å². The van der Waals surface area contributed by atoms with E-state index in [1.165, 1.54) is 34.0 Å². The SMILES string of the molecule is O=C(Cn1cnc(C2CC2)cc1=O)Nc1cnc(-n2cccn2)nc1. The average Bonchev–Trinajstić information content (AvgIpc) is 3.32. The fraction of sp³-hybridized carbons (Fsp3) is 0.250. The number of carbonyl (C=O) groups excluding carboxylic acids is 1. The van der Waals surface area contributed by atoms with E-state index < -0.39 is 0 Å². The highest BCUT2D eigenvalue weighted by molar-refractivity contribution is 5.90. The zero-order chi connectivity index (χ0) is 17.2. The van der Waals surface area contributed by atoms with E-state index in [0.717, 1.165) is 18.5 Å². The summed E-state index contributed by atoms with van der Waals surface area (Å²) in [5.74, 6) is 0.458. The number of hydrogen-bond acceptors (Lipinski definition) is 6. The van der Waals surface area contributed by atoms with Crippen LogP contribution in [-0.4, -0.2) is 35.2 Å². The number of aromatic nitrogens is 6. The van der Waals surface area contributed by atoms with Crippen LogP contribution in [0.15, 0.2) is 48.0 Å². The van der Waals surface area contributed by atoms with Gasteiger partial charge in [-0.05, 0) is 18.9 Å². The van der Waals surface area contributed by atoms with Crippen molar-refractivity contribution in [1.29, 1.82) is 0 Å². The number of nitrogens with one attached hydrogen (secondary N) is 1. The minimum Gasteiger partial charge on any atom is -0.322 e. The first kappa shape index (κ1) is 15.2. The molecule has 3 heterocycles. The van der Waals surface area contributed by atoms with Gasteiger partial charge < -0.3 is 5.32 Å². The highest BCUT2D eigenvalue weighted by atomic mass is 16.2. The van der Waals surface area contributed by atoms with Gasteiger partial charge in [0.25, 0.3) is 11.5 Å². The van der Waals surface area contributed by atoms with Crippen molar-refractivity contribution in [3.63, 3.8) is 0 Å². The predicted molar refractivity (Wildman–Crippen MR) is 88.3 cm³/mol. The van der Waals surface area contributed by atoms with E-state index >= 15 is 0 Å². The second-order valence-corrected chi connectivity index (χ2v) is 5.82. The van der Waals surface area contributed by atoms with Crippen molar-refractivity contribution in [2.75, 3.05) is 5.32 Å². The maximum absolute atomic E-state index is 12.1. The summed E-state index contributed by atoms with van der Waals surface area (Å²) >= 11 is 0. The lowest BCUT2D eigenvalue weighted by atomic mass is 10.3. The Morgan fingerprint density at radius 2 is 2.04 bits per heavy atom. The molecule has 0 aromatic carbocycles. The van der Waals surface area contributed by atoms with Gasteiger partial charge in [-0.2, -0.15) is 5.10 Å². The Bertz CT molecular complexity index is 943. The van der Waals surface area contributed by atoms with Crippen LogP contribution in [0.3, 0.4) is 0 Å². The van der Waals surface area contributed by atoms with Crippen LogP contribution in [0, 0.1) is 0 Å². The summed E-state index contributed by atoms with van der Waals surface area (Å²) in [4.78, 5) is 36.7. The molecular weight excluding hydrogens is 322 g/mol. The monoisotopic (exact) mass is 337 g/mol. The van der Waals surface area contributed by atoms with Crippen molar-refractivity contribution in [3.8, 4) is 5.95 Å². The third-order valence-corrected chi connectivity index (χ3v) is 3.84. The highest BCUT2D eigenvalue weighted by Crippen LogP contribution is 2.38. The molecule has 1 amide bonds. The summed E-state index contributed by atoms with van der Waals surface area (Å²) in [7, 11) is 0. The van der Waals surface area contributed by atoms with E-state index in [9.17, 15) is 9.59 Å². The number of amides is 1. The number of hydrogen-bond donors (Lipinski definition) is 1. The highest BCUT2D eigenvalue weighted by Gasteiger charge is 2.25. The van der Waals surface area contributed by atoms with Crippen LogP contribution >= 0.6 is 0 Å². The van der Waals surface area contributed by atoms with Gasteiger partial charge >= 0.3 is 0 Å². The van der Waals surface area contributed by atoms with Gasteiger partial charge in [-0.15, -0.1) is 0 Å². The summed E-state index contributed by atoms with van der Waals surface area (Å²) < 4.78 is 2.79. The molecule has 4 rings (SSSR count). The molecule has 25 heavy (non-hydrogen) atoms. The lowest BCUT2D eigenvalue weighted by molar-refractivity contribution is -0.116. The third kappa shape index (κ3) is 3.44. The summed E-state index contributed by atoms with van der Waals surface area (Å²) in [5.41, 5.74) is 1.03. The summed E-state index contributed by atoms with van der Waals surface area (Å²) in [6, 6.07) is 3.27. The molecule has 0 spiro atoms. The van der Waals surface area contributed by atoms with Crippen LogP contribution in [0.5, 0.6) is 0 Å². The predicted octanol–water partition coefficient (Wildman–Crippen LogP) is 0.735. The summed E-state index contributed by atoms with van der Waals surface area (Å²) in [6.45, 7) is -0.113. The lowest BCUT2D eigenvalue weighted by Gasteiger charge is -2.07. The quantitative estimate of drug-likeness (QED) is 0.735. The van der Waals surface area contributed by atoms with Gasteiger partial charge in [0.15, 0.2) is 0 Å². The first-order chi connectivity index (χ1) is 12.2. The van der Waals surface area contributed by atoms with Crippen LogP contribution in [-0.2, 0) is 11.3 Å². The molecule has 9 heteroatoms. The topological polar surface area (TPSA) is 108 Å². The number of carbonyl (C=O) groups is 1. The van der Waals surface area contributed by atoms with E-state index in [1.807, 2.05) is 0 Å². The van der Waals surface area contributed by atoms with Crippen molar-refractivity contribution in [3.05, 3.63) is 59.3 Å². The van der Waals surface area contributed by atoms with Crippen LogP contribution < -0.4 is 10.9 Å². The van der Waals surface area contributed by atoms with Gasteiger partial charge in [0.2, 0.25) is 5.91 Å². The number of anilines is 1. The Morgan fingerprint density at radius 3 is 2.68 bits per heavy atom. The maximum atomic E-state index is 12.1. The molecule has 3 aromatic rings. The second-order valence-electron chi connectivity index (χ2n) is 5.82. The molecule has 0 bridgehead atoms. The molecule has 0 unspecified atom stereocenters. The molecule has 0 saturated heterocycles. The fourth-order valence-electron chi connectivity index (χ4n) is 2.41. The first-order valence-electron chi connectivity index (χ1n) is 7.87. The van der Waals surface area contributed by atoms with Crippen molar-refractivity contribution in [2.24, 2.45) is 0 Å². The molecule has 1 saturated carbocycles. The van der Waals surface area contributed by atoms with Crippen molar-refractivity contribution >= 4 is 11.6 Å². The Labute approximate surface area is 142 Å². The van der Waals surface area contributed by atoms with E-state index in [0.29, 0.717) is 17.6 Å². The molecule has 126 valence electrons. The van der Waals surface area contributed by atoms with Crippen molar-refractivity contribution in [2.45, 2.75) is 25.3 Å². The van der Waals surface area contributed by atoms with Gasteiger partial charge in [0, 0.05) is 24.4 Å². The standard InChI is InChI=1S/C16H15N7O2/c24-14(9-22-10-19-13(6-15(22)25)11-2-3-11)21-12-7-17-16(18-8-12)23-5-1-4-20-23/h1,4-8,10-11H,2-3,9H2,(H,21,24). The molecule has 1 fully saturated rings. The van der Waals surface area contributed by atoms with Gasteiger partial charge in [0.05, 0.1) is 30.1 Å². The van der Waals surface area contributed by atoms with E-state index in [-0.39, 0.29) is 18.0 Å². The van der Waals surface area contributed by atoms with Crippen LogP contribution in [0.25, 0.3) is 5.95 Å². The molecule has 3 aromatic heterocycles. The van der Waals surface area contributed by atoms with Gasteiger partial charge in [-0.3, -0.25) is 14.2 Å². The van der Waals surface area contributed by atoms with Gasteiger partial charge in [-0.25, -0.2) is 19.6 Å². The fourth-order valence-corrected chi connectivity index (χ4v) is 2.41. The first-order valence-corrected chi connectivity index (χ1v) is 7.87. The molecule has 1 aliphatic rings. The summed E-state index contributed by atoms with van der Waals surface area (Å²) in [5, 5.41) is 6.68. The maximum Gasteiger partial charge on any atom is 0.254 e. The lowest BCUT2D eigenvalue weighted by Crippen LogP contribution is -2.28. The molecular formula is C16H15N7O2. The largest absolute Gasteiger partial charge is 0.322 e. The van der Waals surface area contributed by atoms with Crippen LogP contribution in [0.2, 0.25) is 0 Å². The molecule has 0 atom stereocenters. The Balaban J connectivity index is 1.41. The zero-order valence-corrected chi connectivity index (χ0v) is 13.2. The normalized spacial score (nSPS) is 13.6. The third-order valence-electron chi connectivity index (χ3n) is 3.84.